The molecule has 40 atom stereocenters. The molecule has 4 radical (unpaired) electrons. The van der Waals surface area contributed by atoms with Crippen molar-refractivity contribution in [3.8, 4) is 0 Å². The van der Waals surface area contributed by atoms with Gasteiger partial charge in [-0.2, -0.15) is 0 Å². The topological polar surface area (TPSA) is 219 Å². The van der Waals surface area contributed by atoms with E-state index in [0.717, 1.165) is 12.8 Å². The smallest absolute Gasteiger partial charge is 0.184 e. The minimum Gasteiger partial charge on any atom is -0.390 e. The molecule has 23 heteroatoms. The first-order chi connectivity index (χ1) is 42.2. The molecule has 19 nitrogen and oxygen atoms in total. The van der Waals surface area contributed by atoms with Gasteiger partial charge in [0.2, 0.25) is 0 Å². The van der Waals surface area contributed by atoms with Gasteiger partial charge < -0.3 is 91.5 Å². The van der Waals surface area contributed by atoms with Crippen molar-refractivity contribution in [3.63, 3.8) is 0 Å². The molecular weight excluding hydrogens is 2050 g/mol. The van der Waals surface area contributed by atoms with Crippen molar-refractivity contribution < 1.29 is 268 Å². The molecule has 0 aliphatic carbocycles. The average Bonchev–Trinajstić information content (AvgIpc) is 0.888. The molecule has 8 rings (SSSR count). The van der Waals surface area contributed by atoms with Gasteiger partial charge >= 0.3 is 0 Å². The molecule has 8 heterocycles. The zero-order valence-electron chi connectivity index (χ0n) is 61.0. The van der Waals surface area contributed by atoms with E-state index in [1.807, 2.05) is 34.6 Å². The van der Waals surface area contributed by atoms with Crippen LogP contribution in [0.2, 0.25) is 0 Å². The van der Waals surface area contributed by atoms with Crippen LogP contribution in [0.25, 0.3) is 0 Å². The van der Waals surface area contributed by atoms with Crippen LogP contribution in [0.15, 0.2) is 0 Å². The van der Waals surface area contributed by atoms with Crippen LogP contribution < -0.4 is 0 Å². The number of rotatable bonds is 22. The SMILES string of the molecule is CCC1O[C@H](O[C@@H]2C(CC)O[C@H](O[C@H]3C(CC)O[C@@H](O[C@H]4C(CC)O[C@@H](O[C@@H]5C(CC)O[C@H](O[C@@H]6C(CC)O[C@H](O[C@H]7C(CC)O[C@@H](O[C@H]8C(CC)O[C@@H](C)C(O)[C@H]8C)C(C)[C@H]7C)C(O)C6C)C(C)C5C)C(O)[C@H]4C)C(C)[C@H]3C)C(O)C2C)C(C)C(C)[C@@H]1C.[Ac].[Ac].[Ac].[Ac]. The summed E-state index contributed by atoms with van der Waals surface area (Å²) >= 11 is 0. The molecule has 0 aromatic carbocycles. The molecule has 0 aromatic rings. The van der Waals surface area contributed by atoms with Gasteiger partial charge in [-0.25, -0.2) is 0 Å². The Balaban J connectivity index is 0.00000461. The summed E-state index contributed by atoms with van der Waals surface area (Å²) in [6, 6.07) is 0. The van der Waals surface area contributed by atoms with Gasteiger partial charge in [0.05, 0.1) is 104 Å². The van der Waals surface area contributed by atoms with Crippen molar-refractivity contribution in [2.75, 3.05) is 0 Å². The molecule has 0 amide bonds. The van der Waals surface area contributed by atoms with E-state index in [1.165, 1.54) is 0 Å². The summed E-state index contributed by atoms with van der Waals surface area (Å²) in [6.07, 6.45) is -8.28. The molecule has 8 aliphatic heterocycles. The van der Waals surface area contributed by atoms with Crippen LogP contribution in [0.4, 0.5) is 0 Å². The maximum absolute atomic E-state index is 12.2. The Hall–Kier alpha value is 5.01. The second-order valence-electron chi connectivity index (χ2n) is 29.3. The van der Waals surface area contributed by atoms with Crippen molar-refractivity contribution in [1.82, 2.24) is 0 Å². The summed E-state index contributed by atoms with van der Waals surface area (Å²) in [5.74, 6) is -0.555. The van der Waals surface area contributed by atoms with E-state index in [4.69, 9.17) is 71.1 Å². The molecule has 0 aromatic heterocycles. The molecule has 8 saturated heterocycles. The summed E-state index contributed by atoms with van der Waals surface area (Å²) < 4.78 is 101. The fraction of sp³-hybridized carbons (Fsp3) is 1.00. The minimum atomic E-state index is -1.02. The van der Waals surface area contributed by atoms with E-state index in [0.29, 0.717) is 50.4 Å². The van der Waals surface area contributed by atoms with Gasteiger partial charge in [-0.3, -0.25) is 0 Å². The third-order valence-electron chi connectivity index (χ3n) is 23.9. The van der Waals surface area contributed by atoms with Crippen LogP contribution in [0, 0.1) is 253 Å². The molecule has 20 unspecified atom stereocenters. The molecule has 0 bridgehead atoms. The number of aliphatic hydroxyl groups excluding tert-OH is 4. The largest absolute Gasteiger partial charge is 0.390 e. The van der Waals surface area contributed by atoms with E-state index in [9.17, 15) is 20.4 Å². The van der Waals surface area contributed by atoms with Gasteiger partial charge in [0.15, 0.2) is 44.0 Å². The van der Waals surface area contributed by atoms with E-state index in [1.54, 1.807) is 0 Å². The van der Waals surface area contributed by atoms with Crippen LogP contribution in [0.5, 0.6) is 0 Å². The molecule has 532 valence electrons. The Morgan fingerprint density at radius 2 is 0.387 bits per heavy atom. The zero-order chi connectivity index (χ0) is 65.4. The van der Waals surface area contributed by atoms with Crippen LogP contribution in [0.3, 0.4) is 0 Å². The third-order valence-corrected chi connectivity index (χ3v) is 23.9. The molecule has 0 saturated carbocycles. The van der Waals surface area contributed by atoms with E-state index in [-0.39, 0.29) is 315 Å². The van der Waals surface area contributed by atoms with Crippen molar-refractivity contribution in [1.29, 1.82) is 0 Å². The summed E-state index contributed by atoms with van der Waals surface area (Å²) in [4.78, 5) is 0. The standard InChI is InChI=1S/C70H126O19.4Ac/c1-23-45-32(10)31(9)36(14)64(76-45)84-61-41(19)54(72)68(80-50(61)28-6)88-58-34(12)38(16)66(78-48(58)26-4)86-63-43(21)56(74)70(82-52(63)30-8)89-59-35(13)39(17)67(79-49(59)27-5)85-62-42(20)55(73)69(81-51(62)29-7)87-57-33(11)37(15)65(77-47(57)25-3)83-60-40(18)53(71)44(22)75-46(60)24-2;;;;/h31-74H,23-30H2,1-22H3;;;;/t31?,32-,33+,34+,35?,36?,37?,38?,39?,40+,41?,42?,43+,44-,45?,46?,47?,48?,49?,50?,51?,52?,53?,54?,55?,56?,57+,58+,59-,60+,61-,62-,63+,64+,65-,66-,67+,68+,69+,70-;;;;/m0..../s1. The molecule has 0 spiro atoms. The first kappa shape index (κ1) is 90.4. The first-order valence-corrected chi connectivity index (χ1v) is 35.8. The second kappa shape index (κ2) is 40.8. The van der Waals surface area contributed by atoms with Gasteiger partial charge in [0, 0.05) is 224 Å². The van der Waals surface area contributed by atoms with Gasteiger partial charge in [0.1, 0.15) is 18.3 Å². The van der Waals surface area contributed by atoms with Crippen LogP contribution >= 0.6 is 0 Å². The van der Waals surface area contributed by atoms with Crippen molar-refractivity contribution in [2.45, 2.75) is 370 Å². The monoisotopic (exact) mass is 2180 g/mol. The van der Waals surface area contributed by atoms with E-state index >= 15 is 0 Å². The van der Waals surface area contributed by atoms with Crippen LogP contribution in [0.1, 0.15) is 204 Å². The van der Waals surface area contributed by atoms with Crippen molar-refractivity contribution in [2.24, 2.45) is 76.9 Å². The second-order valence-corrected chi connectivity index (χ2v) is 29.3. The fourth-order valence-electron chi connectivity index (χ4n) is 16.3. The quantitative estimate of drug-likeness (QED) is 0.0792. The Kier molecular flexibility index (Phi) is 39.7. The zero-order valence-corrected chi connectivity index (χ0v) is 80.0. The predicted octanol–water partition coefficient (Wildman–Crippen LogP) is 10.5. The van der Waals surface area contributed by atoms with Crippen LogP contribution in [-0.4, -0.2) is 187 Å². The average molecular weight is 2180 g/mol. The number of ether oxygens (including phenoxy) is 15. The summed E-state index contributed by atoms with van der Waals surface area (Å²) in [7, 11) is 0. The van der Waals surface area contributed by atoms with E-state index < -0.39 is 92.7 Å². The minimum absolute atomic E-state index is 0. The number of hydrogen-bond donors (Lipinski definition) is 4. The predicted molar refractivity (Wildman–Crippen MR) is 335 cm³/mol. The normalized spacial score (nSPS) is 51.3. The molecule has 8 fully saturated rings. The first-order valence-electron chi connectivity index (χ1n) is 35.8. The summed E-state index contributed by atoms with van der Waals surface area (Å²) in [6.45, 7) is 46.2. The van der Waals surface area contributed by atoms with Gasteiger partial charge in [-0.1, -0.05) is 145 Å². The maximum atomic E-state index is 12.2. The maximum Gasteiger partial charge on any atom is 0.184 e. The Morgan fingerprint density at radius 3 is 0.634 bits per heavy atom. The van der Waals surface area contributed by atoms with Gasteiger partial charge in [-0.05, 0) is 87.9 Å². The number of hydrogen-bond acceptors (Lipinski definition) is 19. The number of aliphatic hydroxyl groups is 4. The summed E-state index contributed by atoms with van der Waals surface area (Å²) in [5.41, 5.74) is 0. The Morgan fingerprint density at radius 1 is 0.204 bits per heavy atom. The molecule has 8 aliphatic rings. The van der Waals surface area contributed by atoms with Crippen LogP contribution in [-0.2, 0) is 71.1 Å². The van der Waals surface area contributed by atoms with E-state index in [2.05, 4.69) is 118 Å². The van der Waals surface area contributed by atoms with Crippen molar-refractivity contribution >= 4 is 0 Å². The summed E-state index contributed by atoms with van der Waals surface area (Å²) in [5, 5.41) is 47.1. The Labute approximate surface area is 704 Å². The molecule has 93 heavy (non-hydrogen) atoms. The molecule has 4 N–H and O–H groups in total. The third kappa shape index (κ3) is 20.0. The van der Waals surface area contributed by atoms with Crippen molar-refractivity contribution in [3.05, 3.63) is 0 Å². The fourth-order valence-corrected chi connectivity index (χ4v) is 16.3. The van der Waals surface area contributed by atoms with Gasteiger partial charge in [-0.15, -0.1) is 0 Å². The Bertz CT molecular complexity index is 2120. The molecular formula is C70H126Ac4O19. The van der Waals surface area contributed by atoms with Gasteiger partial charge in [0.25, 0.3) is 0 Å².